The number of anilines is 1. The van der Waals surface area contributed by atoms with Crippen LogP contribution < -0.4 is 10.2 Å². The van der Waals surface area contributed by atoms with Gasteiger partial charge < -0.3 is 15.0 Å². The maximum absolute atomic E-state index is 13.5. The van der Waals surface area contributed by atoms with Crippen LogP contribution in [0.15, 0.2) is 35.5 Å². The van der Waals surface area contributed by atoms with E-state index in [4.69, 9.17) is 16.3 Å². The highest BCUT2D eigenvalue weighted by atomic mass is 35.5. The predicted molar refractivity (Wildman–Crippen MR) is 126 cm³/mol. The van der Waals surface area contributed by atoms with Crippen molar-refractivity contribution in [1.82, 2.24) is 19.4 Å². The third-order valence-corrected chi connectivity index (χ3v) is 8.04. The number of carbonyl (C=O) groups is 1. The standard InChI is InChI=1S/C22H30ClN5O4S/c1-2-9-27-16-20(21(29)24-15-19-4-3-14-32-19)22(25-27)33(30,31)28-12-10-26(11-13-28)18-7-5-17(23)6-8-18/h5-8,16,19H,2-4,9-15H2,1H3,(H,24,29)/t19-/m1/s1. The topological polar surface area (TPSA) is 96.8 Å². The average molecular weight is 496 g/mol. The molecule has 2 fully saturated rings. The molecule has 9 nitrogen and oxygen atoms in total. The largest absolute Gasteiger partial charge is 0.376 e. The number of halogens is 1. The van der Waals surface area contributed by atoms with Gasteiger partial charge in [-0.25, -0.2) is 8.42 Å². The van der Waals surface area contributed by atoms with E-state index in [2.05, 4.69) is 15.3 Å². The molecule has 180 valence electrons. The van der Waals surface area contributed by atoms with Crippen LogP contribution in [-0.2, 0) is 21.3 Å². The summed E-state index contributed by atoms with van der Waals surface area (Å²) >= 11 is 5.97. The van der Waals surface area contributed by atoms with Crippen LogP contribution >= 0.6 is 11.6 Å². The number of ether oxygens (including phenoxy) is 1. The highest BCUT2D eigenvalue weighted by Crippen LogP contribution is 2.24. The van der Waals surface area contributed by atoms with Crippen molar-refractivity contribution in [1.29, 1.82) is 0 Å². The summed E-state index contributed by atoms with van der Waals surface area (Å²) in [6.45, 7) is 5.25. The van der Waals surface area contributed by atoms with Crippen molar-refractivity contribution in [2.45, 2.75) is 43.9 Å². The van der Waals surface area contributed by atoms with Gasteiger partial charge in [0, 0.05) is 62.8 Å². The smallest absolute Gasteiger partial charge is 0.263 e. The van der Waals surface area contributed by atoms with Gasteiger partial charge in [-0.05, 0) is 43.5 Å². The maximum Gasteiger partial charge on any atom is 0.263 e. The monoisotopic (exact) mass is 495 g/mol. The zero-order valence-corrected chi connectivity index (χ0v) is 20.3. The molecular formula is C22H30ClN5O4S. The van der Waals surface area contributed by atoms with E-state index >= 15 is 0 Å². The predicted octanol–water partition coefficient (Wildman–Crippen LogP) is 2.37. The summed E-state index contributed by atoms with van der Waals surface area (Å²) in [5.41, 5.74) is 1.08. The molecule has 1 aromatic carbocycles. The average Bonchev–Trinajstić information content (AvgIpc) is 3.49. The van der Waals surface area contributed by atoms with Crippen LogP contribution in [0.4, 0.5) is 5.69 Å². The number of carbonyl (C=O) groups excluding carboxylic acids is 1. The Hall–Kier alpha value is -2.14. The maximum atomic E-state index is 13.5. The summed E-state index contributed by atoms with van der Waals surface area (Å²) in [4.78, 5) is 15.0. The van der Waals surface area contributed by atoms with Crippen LogP contribution in [-0.4, -0.2) is 73.8 Å². The van der Waals surface area contributed by atoms with Crippen LogP contribution in [0.5, 0.6) is 0 Å². The molecule has 0 radical (unpaired) electrons. The third kappa shape index (κ3) is 5.51. The van der Waals surface area contributed by atoms with Gasteiger partial charge in [-0.15, -0.1) is 0 Å². The van der Waals surface area contributed by atoms with Crippen molar-refractivity contribution in [3.8, 4) is 0 Å². The molecule has 1 atom stereocenters. The van der Waals surface area contributed by atoms with Crippen molar-refractivity contribution in [2.24, 2.45) is 0 Å². The first-order valence-corrected chi connectivity index (χ1v) is 13.2. The number of rotatable bonds is 8. The van der Waals surface area contributed by atoms with Gasteiger partial charge in [0.15, 0.2) is 0 Å². The Morgan fingerprint density at radius 1 is 1.21 bits per heavy atom. The van der Waals surface area contributed by atoms with Crippen LogP contribution in [0.3, 0.4) is 0 Å². The van der Waals surface area contributed by atoms with E-state index in [0.717, 1.165) is 24.9 Å². The van der Waals surface area contributed by atoms with E-state index in [1.54, 1.807) is 0 Å². The molecule has 4 rings (SSSR count). The van der Waals surface area contributed by atoms with Crippen molar-refractivity contribution in [2.75, 3.05) is 44.2 Å². The fourth-order valence-corrected chi connectivity index (χ4v) is 5.81. The summed E-state index contributed by atoms with van der Waals surface area (Å²) < 4.78 is 35.5. The Balaban J connectivity index is 1.49. The second kappa shape index (κ2) is 10.4. The van der Waals surface area contributed by atoms with Gasteiger partial charge >= 0.3 is 0 Å². The first-order chi connectivity index (χ1) is 15.9. The number of nitrogens with one attached hydrogen (secondary N) is 1. The molecule has 0 bridgehead atoms. The van der Waals surface area contributed by atoms with E-state index in [0.29, 0.717) is 50.9 Å². The van der Waals surface area contributed by atoms with Gasteiger partial charge in [0.25, 0.3) is 15.9 Å². The first kappa shape index (κ1) is 24.0. The fourth-order valence-electron chi connectivity index (χ4n) is 4.16. The van der Waals surface area contributed by atoms with E-state index < -0.39 is 15.9 Å². The summed E-state index contributed by atoms with van der Waals surface area (Å²) in [5.74, 6) is -0.439. The van der Waals surface area contributed by atoms with E-state index in [-0.39, 0.29) is 16.7 Å². The van der Waals surface area contributed by atoms with Gasteiger partial charge in [-0.2, -0.15) is 9.40 Å². The Morgan fingerprint density at radius 3 is 2.58 bits per heavy atom. The normalized spacial score (nSPS) is 19.7. The lowest BCUT2D eigenvalue weighted by molar-refractivity contribution is 0.0855. The zero-order valence-electron chi connectivity index (χ0n) is 18.7. The number of benzene rings is 1. The van der Waals surface area contributed by atoms with Gasteiger partial charge in [0.2, 0.25) is 5.03 Å². The SMILES string of the molecule is CCCn1cc(C(=O)NC[C@H]2CCCO2)c(S(=O)(=O)N2CCN(c3ccc(Cl)cc3)CC2)n1. The number of hydrogen-bond acceptors (Lipinski definition) is 6. The minimum Gasteiger partial charge on any atom is -0.376 e. The lowest BCUT2D eigenvalue weighted by Crippen LogP contribution is -2.49. The molecule has 2 aliphatic heterocycles. The van der Waals surface area contributed by atoms with Crippen molar-refractivity contribution < 1.29 is 17.9 Å². The highest BCUT2D eigenvalue weighted by molar-refractivity contribution is 7.89. The molecule has 1 N–H and O–H groups in total. The Labute approximate surface area is 199 Å². The molecule has 2 aromatic rings. The third-order valence-electron chi connectivity index (χ3n) is 5.95. The minimum atomic E-state index is -3.92. The Kier molecular flexibility index (Phi) is 7.58. The Bertz CT molecular complexity index is 1060. The molecule has 1 amide bonds. The number of nitrogens with zero attached hydrogens (tertiary/aromatic N) is 4. The van der Waals surface area contributed by atoms with Crippen LogP contribution in [0.1, 0.15) is 36.5 Å². The van der Waals surface area contributed by atoms with Gasteiger partial charge in [-0.3, -0.25) is 9.48 Å². The molecule has 33 heavy (non-hydrogen) atoms. The fraction of sp³-hybridized carbons (Fsp3) is 0.545. The summed E-state index contributed by atoms with van der Waals surface area (Å²) in [6.07, 6.45) is 4.14. The van der Waals surface area contributed by atoms with Gasteiger partial charge in [0.1, 0.15) is 0 Å². The zero-order chi connectivity index (χ0) is 23.4. The van der Waals surface area contributed by atoms with Crippen molar-refractivity contribution >= 4 is 33.2 Å². The van der Waals surface area contributed by atoms with Crippen LogP contribution in [0.25, 0.3) is 0 Å². The van der Waals surface area contributed by atoms with Crippen LogP contribution in [0.2, 0.25) is 5.02 Å². The molecular weight excluding hydrogens is 466 g/mol. The van der Waals surface area contributed by atoms with E-state index in [9.17, 15) is 13.2 Å². The number of hydrogen-bond donors (Lipinski definition) is 1. The molecule has 0 spiro atoms. The molecule has 2 saturated heterocycles. The molecule has 11 heteroatoms. The van der Waals surface area contributed by atoms with Gasteiger partial charge in [-0.1, -0.05) is 18.5 Å². The highest BCUT2D eigenvalue weighted by Gasteiger charge is 2.35. The molecule has 3 heterocycles. The quantitative estimate of drug-likeness (QED) is 0.604. The summed E-state index contributed by atoms with van der Waals surface area (Å²) in [6, 6.07) is 7.49. The number of amides is 1. The Morgan fingerprint density at radius 2 is 1.94 bits per heavy atom. The number of sulfonamides is 1. The molecule has 0 aliphatic carbocycles. The molecule has 2 aliphatic rings. The second-order valence-electron chi connectivity index (χ2n) is 8.32. The lowest BCUT2D eigenvalue weighted by Gasteiger charge is -2.35. The van der Waals surface area contributed by atoms with Crippen molar-refractivity contribution in [3.63, 3.8) is 0 Å². The minimum absolute atomic E-state index is 0.0272. The summed E-state index contributed by atoms with van der Waals surface area (Å²) in [7, 11) is -3.92. The molecule has 0 unspecified atom stereocenters. The number of piperazine rings is 1. The van der Waals surface area contributed by atoms with Crippen LogP contribution in [0, 0.1) is 0 Å². The van der Waals surface area contributed by atoms with Gasteiger partial charge in [0.05, 0.1) is 11.7 Å². The van der Waals surface area contributed by atoms with Crippen molar-refractivity contribution in [3.05, 3.63) is 41.0 Å². The van der Waals surface area contributed by atoms with E-state index in [1.165, 1.54) is 15.2 Å². The summed E-state index contributed by atoms with van der Waals surface area (Å²) in [5, 5.41) is 7.61. The second-order valence-corrected chi connectivity index (χ2v) is 10.6. The number of aromatic nitrogens is 2. The van der Waals surface area contributed by atoms with E-state index in [1.807, 2.05) is 31.2 Å². The number of aryl methyl sites for hydroxylation is 1. The lowest BCUT2D eigenvalue weighted by atomic mass is 10.2. The molecule has 0 saturated carbocycles. The first-order valence-electron chi connectivity index (χ1n) is 11.4. The molecule has 1 aromatic heterocycles.